The van der Waals surface area contributed by atoms with E-state index >= 15 is 0 Å². The SMILES string of the molecule is CC(C)n1cc(-c2ccc(-c3c4c(cn3C)CCc3cnc(Cc5cnn(CCN6CCOCC6)c5)nc3-4)cc2)cn1. The number of aromatic nitrogens is 7. The highest BCUT2D eigenvalue weighted by atomic mass is 16.5. The van der Waals surface area contributed by atoms with Gasteiger partial charge in [-0.15, -0.1) is 0 Å². The minimum Gasteiger partial charge on any atom is -0.379 e. The Kier molecular flexibility index (Phi) is 7.21. The summed E-state index contributed by atoms with van der Waals surface area (Å²) in [7, 11) is 2.14. The average molecular weight is 563 g/mol. The van der Waals surface area contributed by atoms with E-state index in [1.54, 1.807) is 0 Å². The Hall–Kier alpha value is -4.08. The van der Waals surface area contributed by atoms with Crippen molar-refractivity contribution in [3.8, 4) is 33.6 Å². The van der Waals surface area contributed by atoms with Gasteiger partial charge in [0, 0.05) is 75.1 Å². The van der Waals surface area contributed by atoms with E-state index in [0.29, 0.717) is 12.5 Å². The van der Waals surface area contributed by atoms with Gasteiger partial charge in [0.15, 0.2) is 0 Å². The van der Waals surface area contributed by atoms with Gasteiger partial charge in [-0.3, -0.25) is 14.3 Å². The van der Waals surface area contributed by atoms with Crippen LogP contribution in [0.15, 0.2) is 61.4 Å². The monoisotopic (exact) mass is 562 g/mol. The van der Waals surface area contributed by atoms with E-state index in [-0.39, 0.29) is 0 Å². The fraction of sp³-hybridized carbons (Fsp3) is 0.394. The summed E-state index contributed by atoms with van der Waals surface area (Å²) < 4.78 is 11.8. The number of hydrogen-bond acceptors (Lipinski definition) is 6. The molecule has 0 saturated carbocycles. The number of aryl methyl sites for hydroxylation is 3. The highest BCUT2D eigenvalue weighted by Crippen LogP contribution is 2.41. The molecule has 1 aliphatic carbocycles. The molecule has 42 heavy (non-hydrogen) atoms. The van der Waals surface area contributed by atoms with Gasteiger partial charge >= 0.3 is 0 Å². The number of ether oxygens (including phenoxy) is 1. The van der Waals surface area contributed by atoms with Gasteiger partial charge in [0.2, 0.25) is 0 Å². The summed E-state index contributed by atoms with van der Waals surface area (Å²) in [6, 6.07) is 9.18. The van der Waals surface area contributed by atoms with E-state index in [2.05, 4.69) is 83.4 Å². The zero-order chi connectivity index (χ0) is 28.6. The molecule has 1 fully saturated rings. The Morgan fingerprint density at radius 2 is 1.62 bits per heavy atom. The number of benzene rings is 1. The summed E-state index contributed by atoms with van der Waals surface area (Å²) in [5.41, 5.74) is 10.7. The maximum atomic E-state index is 5.46. The smallest absolute Gasteiger partial charge is 0.133 e. The molecule has 4 aromatic heterocycles. The fourth-order valence-electron chi connectivity index (χ4n) is 6.15. The normalized spacial score (nSPS) is 15.2. The lowest BCUT2D eigenvalue weighted by molar-refractivity contribution is 0.0359. The second kappa shape index (κ2) is 11.3. The number of fused-ring (bicyclic) bond motifs is 3. The predicted octanol–water partition coefficient (Wildman–Crippen LogP) is 4.81. The fourth-order valence-corrected chi connectivity index (χ4v) is 6.15. The molecule has 1 saturated heterocycles. The number of hydrogen-bond donors (Lipinski definition) is 0. The molecule has 2 aliphatic rings. The molecule has 7 rings (SSSR count). The van der Waals surface area contributed by atoms with Gasteiger partial charge in [-0.25, -0.2) is 9.97 Å². The Morgan fingerprint density at radius 1 is 0.833 bits per heavy atom. The highest BCUT2D eigenvalue weighted by Gasteiger charge is 2.26. The summed E-state index contributed by atoms with van der Waals surface area (Å²) in [4.78, 5) is 12.4. The van der Waals surface area contributed by atoms with Gasteiger partial charge < -0.3 is 9.30 Å². The highest BCUT2D eigenvalue weighted by molar-refractivity contribution is 5.86. The molecule has 216 valence electrons. The van der Waals surface area contributed by atoms with Crippen LogP contribution in [0.3, 0.4) is 0 Å². The van der Waals surface area contributed by atoms with E-state index in [9.17, 15) is 0 Å². The molecular formula is C33H38N8O. The molecule has 0 amide bonds. The van der Waals surface area contributed by atoms with E-state index in [0.717, 1.165) is 74.9 Å². The molecule has 5 heterocycles. The van der Waals surface area contributed by atoms with Crippen LogP contribution in [0.2, 0.25) is 0 Å². The van der Waals surface area contributed by atoms with Crippen LogP contribution in [0.4, 0.5) is 0 Å². The zero-order valence-corrected chi connectivity index (χ0v) is 24.7. The van der Waals surface area contributed by atoms with Crippen LogP contribution in [0.5, 0.6) is 0 Å². The third-order valence-corrected chi connectivity index (χ3v) is 8.50. The van der Waals surface area contributed by atoms with Crippen LogP contribution < -0.4 is 0 Å². The van der Waals surface area contributed by atoms with Crippen molar-refractivity contribution < 1.29 is 4.74 Å². The second-order valence-electron chi connectivity index (χ2n) is 11.8. The van der Waals surface area contributed by atoms with E-state index in [1.807, 2.05) is 28.0 Å². The van der Waals surface area contributed by atoms with Gasteiger partial charge in [-0.05, 0) is 54.5 Å². The average Bonchev–Trinajstić information content (AvgIpc) is 3.75. The summed E-state index contributed by atoms with van der Waals surface area (Å²) >= 11 is 0. The molecule has 1 aromatic carbocycles. The maximum absolute atomic E-state index is 5.46. The summed E-state index contributed by atoms with van der Waals surface area (Å²) in [6.07, 6.45) is 15.1. The van der Waals surface area contributed by atoms with Crippen molar-refractivity contribution in [3.63, 3.8) is 0 Å². The topological polar surface area (TPSA) is 78.8 Å². The van der Waals surface area contributed by atoms with Crippen molar-refractivity contribution in [2.24, 2.45) is 7.05 Å². The van der Waals surface area contributed by atoms with Crippen molar-refractivity contribution in [2.75, 3.05) is 32.8 Å². The largest absolute Gasteiger partial charge is 0.379 e. The van der Waals surface area contributed by atoms with Crippen LogP contribution in [0.1, 0.15) is 42.4 Å². The van der Waals surface area contributed by atoms with Crippen molar-refractivity contribution in [1.29, 1.82) is 0 Å². The van der Waals surface area contributed by atoms with E-state index in [1.165, 1.54) is 33.5 Å². The first-order valence-corrected chi connectivity index (χ1v) is 15.0. The third kappa shape index (κ3) is 5.30. The van der Waals surface area contributed by atoms with Gasteiger partial charge in [0.1, 0.15) is 5.82 Å². The van der Waals surface area contributed by atoms with Crippen molar-refractivity contribution in [1.82, 2.24) is 39.0 Å². The molecule has 0 bridgehead atoms. The van der Waals surface area contributed by atoms with Gasteiger partial charge in [-0.2, -0.15) is 10.2 Å². The minimum atomic E-state index is 0.344. The molecule has 0 unspecified atom stereocenters. The Bertz CT molecular complexity index is 1690. The lowest BCUT2D eigenvalue weighted by Crippen LogP contribution is -2.38. The first kappa shape index (κ1) is 26.8. The maximum Gasteiger partial charge on any atom is 0.133 e. The quantitative estimate of drug-likeness (QED) is 0.270. The molecule has 0 N–H and O–H groups in total. The summed E-state index contributed by atoms with van der Waals surface area (Å²) in [5.74, 6) is 0.835. The van der Waals surface area contributed by atoms with Crippen LogP contribution >= 0.6 is 0 Å². The lowest BCUT2D eigenvalue weighted by atomic mass is 9.89. The summed E-state index contributed by atoms with van der Waals surface area (Å²) in [6.45, 7) is 9.78. The van der Waals surface area contributed by atoms with E-state index < -0.39 is 0 Å². The van der Waals surface area contributed by atoms with Gasteiger partial charge in [-0.1, -0.05) is 24.3 Å². The number of morpholine rings is 1. The van der Waals surface area contributed by atoms with Crippen LogP contribution in [-0.4, -0.2) is 71.8 Å². The Balaban J connectivity index is 1.13. The lowest BCUT2D eigenvalue weighted by Gasteiger charge is -2.26. The Morgan fingerprint density at radius 3 is 2.40 bits per heavy atom. The van der Waals surface area contributed by atoms with Crippen molar-refractivity contribution in [2.45, 2.75) is 45.7 Å². The van der Waals surface area contributed by atoms with E-state index in [4.69, 9.17) is 14.7 Å². The first-order valence-electron chi connectivity index (χ1n) is 15.0. The van der Waals surface area contributed by atoms with Gasteiger partial charge in [0.05, 0.1) is 43.5 Å². The molecule has 0 radical (unpaired) electrons. The molecule has 0 spiro atoms. The van der Waals surface area contributed by atoms with Crippen molar-refractivity contribution >= 4 is 0 Å². The Labute approximate surface area is 246 Å². The molecular weight excluding hydrogens is 524 g/mol. The van der Waals surface area contributed by atoms with Crippen LogP contribution in [-0.2, 0) is 37.6 Å². The third-order valence-electron chi connectivity index (χ3n) is 8.50. The predicted molar refractivity (Wildman–Crippen MR) is 163 cm³/mol. The molecule has 9 heteroatoms. The first-order chi connectivity index (χ1) is 20.5. The molecule has 5 aromatic rings. The molecule has 0 atom stereocenters. The zero-order valence-electron chi connectivity index (χ0n) is 24.7. The molecule has 1 aliphatic heterocycles. The minimum absolute atomic E-state index is 0.344. The standard InChI is InChI=1S/C33H38N8O/c1-23(2)41-22-29(19-36-41)25-4-6-26(7-5-25)33-31-28(21-38(33)3)9-8-27-18-34-30(37-32(27)31)16-24-17-35-40(20-24)11-10-39-12-14-42-15-13-39/h4-7,17-23H,8-16H2,1-3H3. The van der Waals surface area contributed by atoms with Crippen molar-refractivity contribution in [3.05, 3.63) is 84.0 Å². The number of rotatable bonds is 8. The second-order valence-corrected chi connectivity index (χ2v) is 11.8. The van der Waals surface area contributed by atoms with Crippen LogP contribution in [0, 0.1) is 0 Å². The molecule has 9 nitrogen and oxygen atoms in total. The van der Waals surface area contributed by atoms with Crippen LogP contribution in [0.25, 0.3) is 33.6 Å². The van der Waals surface area contributed by atoms with Gasteiger partial charge in [0.25, 0.3) is 0 Å². The number of nitrogens with zero attached hydrogens (tertiary/aromatic N) is 8. The summed E-state index contributed by atoms with van der Waals surface area (Å²) in [5, 5.41) is 9.13.